The fourth-order valence-electron chi connectivity index (χ4n) is 3.51. The van der Waals surface area contributed by atoms with E-state index in [0.29, 0.717) is 24.1 Å². The average molecular weight is 436 g/mol. The summed E-state index contributed by atoms with van der Waals surface area (Å²) in [5.41, 5.74) is 1.04. The molecule has 28 heavy (non-hydrogen) atoms. The highest BCUT2D eigenvalue weighted by atomic mass is 35.5. The van der Waals surface area contributed by atoms with E-state index < -0.39 is 0 Å². The van der Waals surface area contributed by atoms with Gasteiger partial charge in [-0.15, -0.1) is 11.3 Å². The molecule has 0 bridgehead atoms. The molecule has 0 aliphatic heterocycles. The zero-order valence-electron chi connectivity index (χ0n) is 15.8. The van der Waals surface area contributed by atoms with Crippen molar-refractivity contribution in [2.24, 2.45) is 0 Å². The molecule has 2 N–H and O–H groups in total. The smallest absolute Gasteiger partial charge is 0.239 e. The van der Waals surface area contributed by atoms with Gasteiger partial charge in [0.1, 0.15) is 0 Å². The minimum atomic E-state index is -0.0584. The van der Waals surface area contributed by atoms with Gasteiger partial charge in [0.05, 0.1) is 13.1 Å². The highest BCUT2D eigenvalue weighted by Crippen LogP contribution is 2.26. The number of thiocarbonyl (C=S) groups is 1. The molecule has 1 amide bonds. The number of thiophene rings is 1. The van der Waals surface area contributed by atoms with Crippen LogP contribution in [0.4, 0.5) is 0 Å². The number of hydrogen-bond acceptors (Lipinski definition) is 3. The van der Waals surface area contributed by atoms with Crippen LogP contribution in [-0.4, -0.2) is 35.1 Å². The Labute approximate surface area is 181 Å². The first-order valence-electron chi connectivity index (χ1n) is 9.70. The summed E-state index contributed by atoms with van der Waals surface area (Å²) >= 11 is 13.5. The lowest BCUT2D eigenvalue weighted by Crippen LogP contribution is -2.47. The Morgan fingerprint density at radius 2 is 1.96 bits per heavy atom. The topological polar surface area (TPSA) is 44.4 Å². The van der Waals surface area contributed by atoms with Gasteiger partial charge in [-0.05, 0) is 54.6 Å². The van der Waals surface area contributed by atoms with Crippen LogP contribution < -0.4 is 10.6 Å². The van der Waals surface area contributed by atoms with Crippen LogP contribution in [0, 0.1) is 0 Å². The van der Waals surface area contributed by atoms with Crippen molar-refractivity contribution in [3.05, 3.63) is 57.2 Å². The first-order chi connectivity index (χ1) is 13.6. The number of hydrogen-bond donors (Lipinski definition) is 2. The van der Waals surface area contributed by atoms with Crippen molar-refractivity contribution < 1.29 is 4.79 Å². The summed E-state index contributed by atoms with van der Waals surface area (Å²) < 4.78 is 0. The van der Waals surface area contributed by atoms with Gasteiger partial charge in [-0.3, -0.25) is 4.79 Å². The van der Waals surface area contributed by atoms with Gasteiger partial charge in [0.25, 0.3) is 0 Å². The van der Waals surface area contributed by atoms with Gasteiger partial charge in [0.2, 0.25) is 5.91 Å². The van der Waals surface area contributed by atoms with Crippen molar-refractivity contribution in [3.8, 4) is 0 Å². The van der Waals surface area contributed by atoms with E-state index in [2.05, 4.69) is 33.0 Å². The number of nitrogens with zero attached hydrogens (tertiary/aromatic N) is 1. The predicted octanol–water partition coefficient (Wildman–Crippen LogP) is 4.38. The quantitative estimate of drug-likeness (QED) is 0.604. The standard InChI is InChI=1S/C21H26ClN3OS2/c22-19-10-4-1-6-16(19)11-12-23-20(26)14-24-21(27)25(17-7-2-3-8-17)15-18-9-5-13-28-18/h1,4-6,9-10,13,17H,2-3,7-8,11-12,14-15H2,(H,23,26)(H,24,27). The molecule has 2 aromatic rings. The Morgan fingerprint density at radius 3 is 2.68 bits per heavy atom. The molecule has 4 nitrogen and oxygen atoms in total. The van der Waals surface area contributed by atoms with Crippen LogP contribution in [0.5, 0.6) is 0 Å². The normalized spacial score (nSPS) is 14.0. The van der Waals surface area contributed by atoms with Crippen molar-refractivity contribution >= 4 is 46.2 Å². The first-order valence-corrected chi connectivity index (χ1v) is 11.4. The number of benzene rings is 1. The maximum atomic E-state index is 12.2. The molecule has 7 heteroatoms. The average Bonchev–Trinajstić information content (AvgIpc) is 3.39. The highest BCUT2D eigenvalue weighted by molar-refractivity contribution is 7.80. The highest BCUT2D eigenvalue weighted by Gasteiger charge is 2.25. The second-order valence-corrected chi connectivity index (χ2v) is 8.82. The Balaban J connectivity index is 1.45. The molecule has 1 aliphatic carbocycles. The van der Waals surface area contributed by atoms with Crippen molar-refractivity contribution in [1.82, 2.24) is 15.5 Å². The van der Waals surface area contributed by atoms with E-state index in [1.165, 1.54) is 17.7 Å². The lowest BCUT2D eigenvalue weighted by molar-refractivity contribution is -0.120. The number of carbonyl (C=O) groups excluding carboxylic acids is 1. The summed E-state index contributed by atoms with van der Waals surface area (Å²) in [6.45, 7) is 1.55. The summed E-state index contributed by atoms with van der Waals surface area (Å²) in [5.74, 6) is -0.0584. The maximum absolute atomic E-state index is 12.2. The number of rotatable bonds is 8. The molecule has 0 radical (unpaired) electrons. The largest absolute Gasteiger partial charge is 0.354 e. The molecule has 0 saturated heterocycles. The third kappa shape index (κ3) is 6.19. The summed E-state index contributed by atoms with van der Waals surface area (Å²) in [6.07, 6.45) is 5.53. The van der Waals surface area contributed by atoms with Crippen LogP contribution in [-0.2, 0) is 17.8 Å². The molecule has 1 aromatic heterocycles. The van der Waals surface area contributed by atoms with Crippen LogP contribution in [0.15, 0.2) is 41.8 Å². The van der Waals surface area contributed by atoms with Gasteiger partial charge in [-0.25, -0.2) is 0 Å². The molecule has 1 heterocycles. The van der Waals surface area contributed by atoms with Gasteiger partial charge in [0.15, 0.2) is 5.11 Å². The van der Waals surface area contributed by atoms with E-state index in [4.69, 9.17) is 23.8 Å². The van der Waals surface area contributed by atoms with Crippen LogP contribution in [0.1, 0.15) is 36.1 Å². The second kappa shape index (κ2) is 10.8. The molecule has 3 rings (SSSR count). The number of halogens is 1. The van der Waals surface area contributed by atoms with Crippen LogP contribution >= 0.6 is 35.2 Å². The van der Waals surface area contributed by atoms with E-state index in [9.17, 15) is 4.79 Å². The van der Waals surface area contributed by atoms with E-state index >= 15 is 0 Å². The molecule has 1 fully saturated rings. The second-order valence-electron chi connectivity index (χ2n) is 7.00. The minimum Gasteiger partial charge on any atom is -0.354 e. The minimum absolute atomic E-state index is 0.0584. The van der Waals surface area contributed by atoms with Gasteiger partial charge >= 0.3 is 0 Å². The molecule has 1 aromatic carbocycles. The van der Waals surface area contributed by atoms with Gasteiger partial charge in [0, 0.05) is 22.5 Å². The molecule has 1 saturated carbocycles. The zero-order chi connectivity index (χ0) is 19.8. The van der Waals surface area contributed by atoms with E-state index in [0.717, 1.165) is 30.0 Å². The Hall–Kier alpha value is -1.63. The fourth-order valence-corrected chi connectivity index (χ4v) is 4.73. The first kappa shape index (κ1) is 21.1. The summed E-state index contributed by atoms with van der Waals surface area (Å²) in [4.78, 5) is 15.7. The molecular formula is C21H26ClN3OS2. The number of amides is 1. The number of nitrogens with one attached hydrogen (secondary N) is 2. The molecule has 0 spiro atoms. The van der Waals surface area contributed by atoms with Crippen molar-refractivity contribution in [1.29, 1.82) is 0 Å². The SMILES string of the molecule is O=C(CNC(=S)N(Cc1cccs1)C1CCCC1)NCCc1ccccc1Cl. The zero-order valence-corrected chi connectivity index (χ0v) is 18.2. The fraction of sp³-hybridized carbons (Fsp3) is 0.429. The van der Waals surface area contributed by atoms with Gasteiger partial charge < -0.3 is 15.5 Å². The molecule has 0 atom stereocenters. The van der Waals surface area contributed by atoms with E-state index in [-0.39, 0.29) is 12.5 Å². The maximum Gasteiger partial charge on any atom is 0.239 e. The summed E-state index contributed by atoms with van der Waals surface area (Å²) in [6, 6.07) is 12.4. The van der Waals surface area contributed by atoms with Crippen molar-refractivity contribution in [3.63, 3.8) is 0 Å². The molecule has 150 valence electrons. The lowest BCUT2D eigenvalue weighted by atomic mass is 10.1. The summed E-state index contributed by atoms with van der Waals surface area (Å²) in [5, 5.41) is 9.58. The Morgan fingerprint density at radius 1 is 1.18 bits per heavy atom. The van der Waals surface area contributed by atoms with Crippen molar-refractivity contribution in [2.45, 2.75) is 44.7 Å². The predicted molar refractivity (Wildman–Crippen MR) is 121 cm³/mol. The third-order valence-electron chi connectivity index (χ3n) is 5.01. The van der Waals surface area contributed by atoms with Crippen LogP contribution in [0.25, 0.3) is 0 Å². The van der Waals surface area contributed by atoms with Crippen molar-refractivity contribution in [2.75, 3.05) is 13.1 Å². The van der Waals surface area contributed by atoms with Gasteiger partial charge in [-0.1, -0.05) is 48.7 Å². The monoisotopic (exact) mass is 435 g/mol. The molecular weight excluding hydrogens is 410 g/mol. The Kier molecular flexibility index (Phi) is 8.13. The third-order valence-corrected chi connectivity index (χ3v) is 6.62. The number of carbonyl (C=O) groups is 1. The molecule has 1 aliphatic rings. The van der Waals surface area contributed by atoms with Crippen LogP contribution in [0.3, 0.4) is 0 Å². The summed E-state index contributed by atoms with van der Waals surface area (Å²) in [7, 11) is 0. The van der Waals surface area contributed by atoms with E-state index in [1.54, 1.807) is 11.3 Å². The van der Waals surface area contributed by atoms with E-state index in [1.807, 2.05) is 24.3 Å². The molecule has 0 unspecified atom stereocenters. The van der Waals surface area contributed by atoms with Gasteiger partial charge in [-0.2, -0.15) is 0 Å². The Bertz CT molecular complexity index is 776. The van der Waals surface area contributed by atoms with Crippen LogP contribution in [0.2, 0.25) is 5.02 Å². The lowest BCUT2D eigenvalue weighted by Gasteiger charge is -2.31.